The lowest BCUT2D eigenvalue weighted by atomic mass is 10.2. The van der Waals surface area contributed by atoms with Crippen LogP contribution in [0, 0.1) is 0 Å². The summed E-state index contributed by atoms with van der Waals surface area (Å²) in [5.74, 6) is 0.179. The van der Waals surface area contributed by atoms with E-state index in [0.29, 0.717) is 12.1 Å². The van der Waals surface area contributed by atoms with Gasteiger partial charge in [0.15, 0.2) is 0 Å². The Labute approximate surface area is 208 Å². The number of hydrogen-bond donors (Lipinski definition) is 1. The first-order chi connectivity index (χ1) is 17.2. The Balaban J connectivity index is 1.05. The van der Waals surface area contributed by atoms with Gasteiger partial charge in [-0.15, -0.1) is 11.3 Å². The van der Waals surface area contributed by atoms with Gasteiger partial charge < -0.3 is 19.5 Å². The van der Waals surface area contributed by atoms with E-state index in [0.717, 1.165) is 56.7 Å². The lowest BCUT2D eigenvalue weighted by Gasteiger charge is -2.36. The van der Waals surface area contributed by atoms with Gasteiger partial charge >= 0.3 is 5.97 Å². The Bertz CT molecular complexity index is 1300. The quantitative estimate of drug-likeness (QED) is 0.276. The standard InChI is InChI=1S/C27H29N3O4S/c31-19-27(32)34-26-9-7-20-6-8-21(18-23(20)28-26)33-16-2-1-11-29-12-14-30(15-13-29)24-4-3-5-25-22(24)10-17-35-25/h3-10,17-18,31H,1-2,11-16,19H2. The van der Waals surface area contributed by atoms with Gasteiger partial charge in [-0.05, 0) is 61.2 Å². The fourth-order valence-corrected chi connectivity index (χ4v) is 5.27. The van der Waals surface area contributed by atoms with Crippen molar-refractivity contribution in [1.29, 1.82) is 0 Å². The number of esters is 1. The zero-order valence-electron chi connectivity index (χ0n) is 19.6. The number of unbranched alkanes of at least 4 members (excludes halogenated alkanes) is 1. The molecule has 0 spiro atoms. The predicted octanol–water partition coefficient (Wildman–Crippen LogP) is 4.33. The molecule has 2 aromatic carbocycles. The molecule has 182 valence electrons. The number of nitrogens with zero attached hydrogens (tertiary/aromatic N) is 3. The summed E-state index contributed by atoms with van der Waals surface area (Å²) in [6, 6.07) is 18.0. The fourth-order valence-electron chi connectivity index (χ4n) is 4.47. The summed E-state index contributed by atoms with van der Waals surface area (Å²) in [5.41, 5.74) is 2.04. The Hall–Kier alpha value is -3.20. The van der Waals surface area contributed by atoms with E-state index >= 15 is 0 Å². The normalized spacial score (nSPS) is 14.5. The molecule has 0 bridgehead atoms. The van der Waals surface area contributed by atoms with Crippen molar-refractivity contribution >= 4 is 44.0 Å². The number of carbonyl (C=O) groups is 1. The number of fused-ring (bicyclic) bond motifs is 2. The van der Waals surface area contributed by atoms with Crippen molar-refractivity contribution in [2.24, 2.45) is 0 Å². The Morgan fingerprint density at radius 2 is 1.89 bits per heavy atom. The van der Waals surface area contributed by atoms with Gasteiger partial charge in [-0.3, -0.25) is 4.90 Å². The van der Waals surface area contributed by atoms with Gasteiger partial charge in [0.2, 0.25) is 5.88 Å². The molecule has 35 heavy (non-hydrogen) atoms. The van der Waals surface area contributed by atoms with Crippen LogP contribution in [0.2, 0.25) is 0 Å². The number of benzene rings is 2. The van der Waals surface area contributed by atoms with Crippen LogP contribution in [-0.4, -0.2) is 66.9 Å². The maximum Gasteiger partial charge on any atom is 0.338 e. The average molecular weight is 492 g/mol. The number of hydrogen-bond acceptors (Lipinski definition) is 8. The Kier molecular flexibility index (Phi) is 7.42. The molecule has 0 unspecified atom stereocenters. The van der Waals surface area contributed by atoms with Gasteiger partial charge in [-0.25, -0.2) is 9.78 Å². The number of piperazine rings is 1. The lowest BCUT2D eigenvalue weighted by molar-refractivity contribution is -0.137. The molecule has 0 atom stereocenters. The van der Waals surface area contributed by atoms with Gasteiger partial charge in [-0.2, -0.15) is 0 Å². The highest BCUT2D eigenvalue weighted by Gasteiger charge is 2.18. The molecule has 7 nitrogen and oxygen atoms in total. The van der Waals surface area contributed by atoms with Gasteiger partial charge in [-0.1, -0.05) is 6.07 Å². The third kappa shape index (κ3) is 5.73. The van der Waals surface area contributed by atoms with Crippen LogP contribution < -0.4 is 14.4 Å². The summed E-state index contributed by atoms with van der Waals surface area (Å²) in [6.45, 7) is 5.34. The van der Waals surface area contributed by atoms with Crippen LogP contribution >= 0.6 is 11.3 Å². The Morgan fingerprint density at radius 3 is 2.74 bits per heavy atom. The summed E-state index contributed by atoms with van der Waals surface area (Å²) in [5, 5.41) is 13.3. The summed E-state index contributed by atoms with van der Waals surface area (Å²) in [6.07, 6.45) is 2.07. The second kappa shape index (κ2) is 11.0. The first-order valence-electron chi connectivity index (χ1n) is 12.0. The van der Waals surface area contributed by atoms with Gasteiger partial charge in [0.1, 0.15) is 12.4 Å². The van der Waals surface area contributed by atoms with Crippen molar-refractivity contribution in [3.8, 4) is 11.6 Å². The third-order valence-corrected chi connectivity index (χ3v) is 7.19. The van der Waals surface area contributed by atoms with Crippen LogP contribution in [0.3, 0.4) is 0 Å². The second-order valence-electron chi connectivity index (χ2n) is 8.63. The molecule has 1 fully saturated rings. The molecule has 1 aliphatic rings. The van der Waals surface area contributed by atoms with Crippen molar-refractivity contribution in [2.75, 3.05) is 50.8 Å². The van der Waals surface area contributed by atoms with E-state index in [-0.39, 0.29) is 5.88 Å². The van der Waals surface area contributed by atoms with Crippen LogP contribution in [0.5, 0.6) is 11.6 Å². The third-order valence-electron chi connectivity index (χ3n) is 6.31. The molecule has 0 aliphatic carbocycles. The lowest BCUT2D eigenvalue weighted by Crippen LogP contribution is -2.46. The van der Waals surface area contributed by atoms with Crippen LogP contribution in [0.25, 0.3) is 21.0 Å². The molecule has 0 radical (unpaired) electrons. The van der Waals surface area contributed by atoms with Crippen LogP contribution in [0.4, 0.5) is 5.69 Å². The number of carbonyl (C=O) groups excluding carboxylic acids is 1. The SMILES string of the molecule is O=C(CO)Oc1ccc2ccc(OCCCCN3CCN(c4cccc5sccc45)CC3)cc2n1. The zero-order valence-corrected chi connectivity index (χ0v) is 20.4. The summed E-state index contributed by atoms with van der Waals surface area (Å²) < 4.78 is 12.3. The number of aliphatic hydroxyl groups is 1. The van der Waals surface area contributed by atoms with E-state index in [4.69, 9.17) is 14.6 Å². The molecular weight excluding hydrogens is 462 g/mol. The van der Waals surface area contributed by atoms with E-state index in [1.54, 1.807) is 17.4 Å². The van der Waals surface area contributed by atoms with Crippen molar-refractivity contribution in [1.82, 2.24) is 9.88 Å². The average Bonchev–Trinajstić information content (AvgIpc) is 3.38. The summed E-state index contributed by atoms with van der Waals surface area (Å²) in [7, 11) is 0. The number of aliphatic hydroxyl groups excluding tert-OH is 1. The number of ether oxygens (including phenoxy) is 2. The number of thiophene rings is 1. The molecule has 3 heterocycles. The first-order valence-corrected chi connectivity index (χ1v) is 12.9. The maximum atomic E-state index is 11.3. The van der Waals surface area contributed by atoms with E-state index in [2.05, 4.69) is 44.4 Å². The molecule has 1 saturated heterocycles. The molecule has 2 aromatic heterocycles. The number of rotatable bonds is 9. The highest BCUT2D eigenvalue weighted by molar-refractivity contribution is 7.17. The van der Waals surface area contributed by atoms with E-state index in [9.17, 15) is 4.79 Å². The largest absolute Gasteiger partial charge is 0.494 e. The molecule has 8 heteroatoms. The molecular formula is C27H29N3O4S. The maximum absolute atomic E-state index is 11.3. The van der Waals surface area contributed by atoms with Crippen LogP contribution in [0.15, 0.2) is 60.0 Å². The van der Waals surface area contributed by atoms with Crippen molar-refractivity contribution in [2.45, 2.75) is 12.8 Å². The molecule has 0 amide bonds. The topological polar surface area (TPSA) is 75.1 Å². The highest BCUT2D eigenvalue weighted by atomic mass is 32.1. The van der Waals surface area contributed by atoms with Crippen molar-refractivity contribution in [3.05, 3.63) is 60.0 Å². The number of aromatic nitrogens is 1. The molecule has 5 rings (SSSR count). The van der Waals surface area contributed by atoms with Crippen LogP contribution in [0.1, 0.15) is 12.8 Å². The highest BCUT2D eigenvalue weighted by Crippen LogP contribution is 2.31. The summed E-state index contributed by atoms with van der Waals surface area (Å²) in [4.78, 5) is 20.7. The zero-order chi connectivity index (χ0) is 24.0. The minimum absolute atomic E-state index is 0.167. The van der Waals surface area contributed by atoms with Crippen molar-refractivity contribution < 1.29 is 19.4 Å². The van der Waals surface area contributed by atoms with Gasteiger partial charge in [0.25, 0.3) is 0 Å². The molecule has 4 aromatic rings. The van der Waals surface area contributed by atoms with E-state index in [1.807, 2.05) is 24.3 Å². The molecule has 1 aliphatic heterocycles. The molecule has 0 saturated carbocycles. The minimum Gasteiger partial charge on any atom is -0.494 e. The second-order valence-corrected chi connectivity index (χ2v) is 9.58. The smallest absolute Gasteiger partial charge is 0.338 e. The monoisotopic (exact) mass is 491 g/mol. The number of pyridine rings is 1. The fraction of sp³-hybridized carbons (Fsp3) is 0.333. The van der Waals surface area contributed by atoms with Crippen molar-refractivity contribution in [3.63, 3.8) is 0 Å². The summed E-state index contributed by atoms with van der Waals surface area (Å²) >= 11 is 1.81. The predicted molar refractivity (Wildman–Crippen MR) is 140 cm³/mol. The van der Waals surface area contributed by atoms with E-state index < -0.39 is 12.6 Å². The minimum atomic E-state index is -0.731. The first kappa shape index (κ1) is 23.5. The number of anilines is 1. The van der Waals surface area contributed by atoms with Gasteiger partial charge in [0, 0.05) is 59.5 Å². The van der Waals surface area contributed by atoms with Gasteiger partial charge in [0.05, 0.1) is 12.1 Å². The van der Waals surface area contributed by atoms with Crippen LogP contribution in [-0.2, 0) is 4.79 Å². The Morgan fingerprint density at radius 1 is 1.03 bits per heavy atom. The molecule has 1 N–H and O–H groups in total. The van der Waals surface area contributed by atoms with E-state index in [1.165, 1.54) is 15.8 Å².